The maximum atomic E-state index is 3.98. The first-order valence-electron chi connectivity index (χ1n) is 11.8. The molecule has 2 aliphatic heterocycles. The van der Waals surface area contributed by atoms with Gasteiger partial charge in [0.15, 0.2) is 0 Å². The normalized spacial score (nSPS) is 25.7. The van der Waals surface area contributed by atoms with Crippen LogP contribution in [0.5, 0.6) is 0 Å². The van der Waals surface area contributed by atoms with Crippen LogP contribution in [0.25, 0.3) is 0 Å². The third kappa shape index (κ3) is 5.70. The summed E-state index contributed by atoms with van der Waals surface area (Å²) in [4.78, 5) is 0. The predicted octanol–water partition coefficient (Wildman–Crippen LogP) is 5.75. The fourth-order valence-corrected chi connectivity index (χ4v) is 6.44. The first kappa shape index (κ1) is 23.4. The van der Waals surface area contributed by atoms with Crippen LogP contribution in [0, 0.1) is 13.8 Å². The number of anilines is 2. The Kier molecular flexibility index (Phi) is 6.01. The van der Waals surface area contributed by atoms with Crippen molar-refractivity contribution < 1.29 is 0 Å². The summed E-state index contributed by atoms with van der Waals surface area (Å²) in [6.45, 7) is 23.1. The number of rotatable bonds is 4. The van der Waals surface area contributed by atoms with Gasteiger partial charge in [0.1, 0.15) is 0 Å². The molecule has 0 amide bonds. The monoisotopic (exact) mass is 414 g/mol. The van der Waals surface area contributed by atoms with Gasteiger partial charge in [0.2, 0.25) is 0 Å². The summed E-state index contributed by atoms with van der Waals surface area (Å²) < 4.78 is 0. The van der Waals surface area contributed by atoms with Gasteiger partial charge >= 0.3 is 0 Å². The number of benzene rings is 1. The van der Waals surface area contributed by atoms with Crippen LogP contribution in [-0.4, -0.2) is 34.2 Å². The number of piperidine rings is 2. The first-order valence-corrected chi connectivity index (χ1v) is 11.8. The van der Waals surface area contributed by atoms with Crippen molar-refractivity contribution in [2.24, 2.45) is 0 Å². The smallest absolute Gasteiger partial charge is 0.0610 e. The Balaban J connectivity index is 1.87. The van der Waals surface area contributed by atoms with Crippen molar-refractivity contribution in [2.75, 3.05) is 10.6 Å². The van der Waals surface area contributed by atoms with E-state index in [4.69, 9.17) is 0 Å². The summed E-state index contributed by atoms with van der Waals surface area (Å²) >= 11 is 0. The lowest BCUT2D eigenvalue weighted by molar-refractivity contribution is 0.169. The van der Waals surface area contributed by atoms with E-state index in [0.717, 1.165) is 25.7 Å². The van der Waals surface area contributed by atoms with Crippen molar-refractivity contribution >= 4 is 11.4 Å². The highest BCUT2D eigenvalue weighted by Gasteiger charge is 2.39. The lowest BCUT2D eigenvalue weighted by atomic mass is 9.79. The average Bonchev–Trinajstić information content (AvgIpc) is 2.48. The molecule has 4 heteroatoms. The molecule has 2 heterocycles. The molecule has 0 saturated carbocycles. The van der Waals surface area contributed by atoms with Crippen molar-refractivity contribution in [3.8, 4) is 0 Å². The van der Waals surface area contributed by atoms with Crippen LogP contribution in [0.15, 0.2) is 12.1 Å². The predicted molar refractivity (Wildman–Crippen MR) is 132 cm³/mol. The summed E-state index contributed by atoms with van der Waals surface area (Å²) in [5, 5.41) is 15.6. The largest absolute Gasteiger partial charge is 0.380 e. The van der Waals surface area contributed by atoms with E-state index in [1.807, 2.05) is 0 Å². The van der Waals surface area contributed by atoms with Crippen LogP contribution in [-0.2, 0) is 0 Å². The lowest BCUT2D eigenvalue weighted by Crippen LogP contribution is -2.60. The van der Waals surface area contributed by atoms with Crippen molar-refractivity contribution in [3.63, 3.8) is 0 Å². The Morgan fingerprint density at radius 3 is 1.13 bits per heavy atom. The quantitative estimate of drug-likeness (QED) is 0.507. The number of nitrogens with one attached hydrogen (secondary N) is 4. The van der Waals surface area contributed by atoms with Gasteiger partial charge in [-0.25, -0.2) is 0 Å². The molecule has 2 saturated heterocycles. The van der Waals surface area contributed by atoms with Crippen LogP contribution >= 0.6 is 0 Å². The summed E-state index contributed by atoms with van der Waals surface area (Å²) in [5.74, 6) is 0. The van der Waals surface area contributed by atoms with Gasteiger partial charge in [-0.1, -0.05) is 12.1 Å². The number of hydrogen-bond donors (Lipinski definition) is 4. The summed E-state index contributed by atoms with van der Waals surface area (Å²) in [7, 11) is 0. The average molecular weight is 415 g/mol. The fraction of sp³-hybridized carbons (Fsp3) is 0.769. The van der Waals surface area contributed by atoms with E-state index in [1.165, 1.54) is 22.5 Å². The minimum absolute atomic E-state index is 0.133. The molecule has 2 fully saturated rings. The van der Waals surface area contributed by atoms with Crippen LogP contribution < -0.4 is 21.3 Å². The van der Waals surface area contributed by atoms with E-state index >= 15 is 0 Å². The van der Waals surface area contributed by atoms with E-state index in [1.54, 1.807) is 0 Å². The Morgan fingerprint density at radius 2 is 0.867 bits per heavy atom. The molecule has 4 nitrogen and oxygen atoms in total. The standard InChI is InChI=1S/C26H46N4/c1-17-11-12-18(2)22(28-20-15-25(7,8)30-26(9,10)16-20)21(17)27-19-13-23(3,4)29-24(5,6)14-19/h11-12,19-20,27-30H,13-16H2,1-10H3. The van der Waals surface area contributed by atoms with Crippen LogP contribution in [0.4, 0.5) is 11.4 Å². The maximum absolute atomic E-state index is 3.98. The van der Waals surface area contributed by atoms with Gasteiger partial charge in [-0.2, -0.15) is 0 Å². The van der Waals surface area contributed by atoms with Crippen LogP contribution in [0.1, 0.15) is 92.2 Å². The molecule has 2 aliphatic rings. The highest BCUT2D eigenvalue weighted by Crippen LogP contribution is 2.38. The number of hydrogen-bond acceptors (Lipinski definition) is 4. The second-order valence-electron chi connectivity index (χ2n) is 12.7. The Labute approximate surface area is 185 Å². The zero-order valence-electron chi connectivity index (χ0n) is 21.1. The minimum Gasteiger partial charge on any atom is -0.380 e. The van der Waals surface area contributed by atoms with Gasteiger partial charge in [-0.05, 0) is 106 Å². The molecule has 4 N–H and O–H groups in total. The van der Waals surface area contributed by atoms with E-state index in [-0.39, 0.29) is 22.2 Å². The Morgan fingerprint density at radius 1 is 0.600 bits per heavy atom. The molecule has 170 valence electrons. The molecule has 30 heavy (non-hydrogen) atoms. The number of aryl methyl sites for hydroxylation is 2. The summed E-state index contributed by atoms with van der Waals surface area (Å²) in [5.41, 5.74) is 5.77. The molecule has 1 aromatic carbocycles. The molecule has 3 rings (SSSR count). The molecule has 1 aromatic rings. The summed E-state index contributed by atoms with van der Waals surface area (Å²) in [6.07, 6.45) is 4.49. The van der Waals surface area contributed by atoms with E-state index in [2.05, 4.69) is 103 Å². The van der Waals surface area contributed by atoms with Gasteiger partial charge in [0.25, 0.3) is 0 Å². The highest BCUT2D eigenvalue weighted by molar-refractivity contribution is 5.76. The molecular formula is C26H46N4. The molecular weight excluding hydrogens is 368 g/mol. The van der Waals surface area contributed by atoms with Gasteiger partial charge in [-0.3, -0.25) is 0 Å². The zero-order valence-corrected chi connectivity index (χ0v) is 21.1. The molecule has 0 spiro atoms. The maximum Gasteiger partial charge on any atom is 0.0610 e. The lowest BCUT2D eigenvalue weighted by Gasteiger charge is -2.48. The van der Waals surface area contributed by atoms with Crippen molar-refractivity contribution in [3.05, 3.63) is 23.3 Å². The van der Waals surface area contributed by atoms with Crippen LogP contribution in [0.3, 0.4) is 0 Å². The third-order valence-electron chi connectivity index (χ3n) is 6.70. The fourth-order valence-electron chi connectivity index (χ4n) is 6.44. The first-order chi connectivity index (χ1) is 13.6. The van der Waals surface area contributed by atoms with Crippen molar-refractivity contribution in [1.29, 1.82) is 0 Å². The summed E-state index contributed by atoms with van der Waals surface area (Å²) in [6, 6.07) is 5.43. The van der Waals surface area contributed by atoms with Gasteiger partial charge in [0.05, 0.1) is 11.4 Å². The second-order valence-corrected chi connectivity index (χ2v) is 12.7. The topological polar surface area (TPSA) is 48.1 Å². The van der Waals surface area contributed by atoms with Gasteiger partial charge in [-0.15, -0.1) is 0 Å². The SMILES string of the molecule is Cc1ccc(C)c(NC2CC(C)(C)NC(C)(C)C2)c1NC1CC(C)(C)NC(C)(C)C1. The van der Waals surface area contributed by atoms with Crippen molar-refractivity contribution in [2.45, 2.75) is 129 Å². The highest BCUT2D eigenvalue weighted by atomic mass is 15.1. The Bertz CT molecular complexity index is 678. The van der Waals surface area contributed by atoms with Crippen LogP contribution in [0.2, 0.25) is 0 Å². The van der Waals surface area contributed by atoms with E-state index in [9.17, 15) is 0 Å². The zero-order chi connectivity index (χ0) is 22.5. The second kappa shape index (κ2) is 7.70. The molecule has 0 unspecified atom stereocenters. The third-order valence-corrected chi connectivity index (χ3v) is 6.70. The van der Waals surface area contributed by atoms with E-state index < -0.39 is 0 Å². The Hall–Kier alpha value is -1.26. The minimum atomic E-state index is 0.133. The molecule has 0 aliphatic carbocycles. The molecule has 0 aromatic heterocycles. The molecule has 0 atom stereocenters. The van der Waals surface area contributed by atoms with Gasteiger partial charge in [0, 0.05) is 34.2 Å². The van der Waals surface area contributed by atoms with Crippen molar-refractivity contribution in [1.82, 2.24) is 10.6 Å². The molecule has 0 radical (unpaired) electrons. The van der Waals surface area contributed by atoms with Gasteiger partial charge < -0.3 is 21.3 Å². The molecule has 0 bridgehead atoms. The van der Waals surface area contributed by atoms with E-state index in [0.29, 0.717) is 12.1 Å².